The van der Waals surface area contributed by atoms with Gasteiger partial charge in [0.15, 0.2) is 5.82 Å². The van der Waals surface area contributed by atoms with Gasteiger partial charge in [0.05, 0.1) is 22.6 Å². The molecule has 0 spiro atoms. The van der Waals surface area contributed by atoms with Crippen molar-refractivity contribution in [2.24, 2.45) is 0 Å². The molecule has 0 bridgehead atoms. The van der Waals surface area contributed by atoms with Gasteiger partial charge in [0.1, 0.15) is 0 Å². The molecule has 0 aliphatic heterocycles. The molecule has 10 rings (SSSR count). The first-order chi connectivity index (χ1) is 27.3. The number of benzene rings is 8. The second-order valence-electron chi connectivity index (χ2n) is 13.6. The van der Waals surface area contributed by atoms with Gasteiger partial charge in [-0.3, -0.25) is 0 Å². The number of hydrogen-bond acceptors (Lipinski definition) is 4. The highest BCUT2D eigenvalue weighted by atomic mass is 15.1. The zero-order chi connectivity index (χ0) is 36.6. The summed E-state index contributed by atoms with van der Waals surface area (Å²) in [6, 6.07) is 72.0. The molecule has 10 aromatic rings. The van der Waals surface area contributed by atoms with Crippen LogP contribution >= 0.6 is 0 Å². The van der Waals surface area contributed by atoms with Crippen LogP contribution in [0.25, 0.3) is 77.6 Å². The molecule has 0 radical (unpaired) electrons. The molecule has 0 amide bonds. The smallest absolute Gasteiger partial charge is 0.160 e. The number of para-hydroxylation sites is 2. The Hall–Kier alpha value is -7.43. The summed E-state index contributed by atoms with van der Waals surface area (Å²) in [5, 5.41) is 5.77. The van der Waals surface area contributed by atoms with Gasteiger partial charge in [-0.15, -0.1) is 0 Å². The largest absolute Gasteiger partial charge is 0.310 e. The van der Waals surface area contributed by atoms with Crippen LogP contribution in [0, 0.1) is 0 Å². The minimum Gasteiger partial charge on any atom is -0.310 e. The van der Waals surface area contributed by atoms with E-state index in [1.54, 1.807) is 0 Å². The fraction of sp³-hybridized carbons (Fsp3) is 0. The SMILES string of the molecule is c1ccc(-c2cc(-c3ccccc3-c3nc4cc(N(c5ccccc5)c5ccccc5)ccc4c4c3ccc3ccccc34)nc(-c3ccccc3)n2)cc1. The predicted octanol–water partition coefficient (Wildman–Crippen LogP) is 13.5. The number of anilines is 3. The van der Waals surface area contributed by atoms with Crippen LogP contribution in [0.2, 0.25) is 0 Å². The van der Waals surface area contributed by atoms with Crippen molar-refractivity contribution in [2.75, 3.05) is 4.90 Å². The molecule has 0 aliphatic carbocycles. The molecule has 0 saturated carbocycles. The van der Waals surface area contributed by atoms with Crippen LogP contribution in [0.5, 0.6) is 0 Å². The zero-order valence-electron chi connectivity index (χ0n) is 29.9. The number of fused-ring (bicyclic) bond motifs is 5. The molecule has 258 valence electrons. The third-order valence-corrected chi connectivity index (χ3v) is 10.2. The number of aromatic nitrogens is 3. The Morgan fingerprint density at radius 1 is 0.345 bits per heavy atom. The third-order valence-electron chi connectivity index (χ3n) is 10.2. The molecule has 0 saturated heterocycles. The molecule has 0 N–H and O–H groups in total. The highest BCUT2D eigenvalue weighted by Gasteiger charge is 2.20. The first-order valence-corrected chi connectivity index (χ1v) is 18.5. The number of hydrogen-bond donors (Lipinski definition) is 0. The van der Waals surface area contributed by atoms with E-state index in [1.807, 2.05) is 36.4 Å². The maximum Gasteiger partial charge on any atom is 0.160 e. The topological polar surface area (TPSA) is 41.9 Å². The molecule has 0 fully saturated rings. The molecule has 4 heteroatoms. The van der Waals surface area contributed by atoms with Gasteiger partial charge in [-0.2, -0.15) is 0 Å². The fourth-order valence-electron chi connectivity index (χ4n) is 7.68. The summed E-state index contributed by atoms with van der Waals surface area (Å²) in [5.74, 6) is 0.681. The molecular formula is C51H34N4. The second-order valence-corrected chi connectivity index (χ2v) is 13.6. The van der Waals surface area contributed by atoms with Crippen LogP contribution in [0.15, 0.2) is 206 Å². The molecule has 0 atom stereocenters. The van der Waals surface area contributed by atoms with Crippen LogP contribution in [-0.2, 0) is 0 Å². The fourth-order valence-corrected chi connectivity index (χ4v) is 7.68. The van der Waals surface area contributed by atoms with Crippen molar-refractivity contribution in [2.45, 2.75) is 0 Å². The van der Waals surface area contributed by atoms with Crippen molar-refractivity contribution < 1.29 is 0 Å². The van der Waals surface area contributed by atoms with Gasteiger partial charge in [-0.1, -0.05) is 164 Å². The Balaban J connectivity index is 1.24. The highest BCUT2D eigenvalue weighted by Crippen LogP contribution is 2.43. The standard InChI is InChI=1S/C51H34N4/c1-5-18-36(19-6-1)46-34-48(54-51(53-46)37-20-7-2-8-21-37)42-27-15-16-28-43(42)50-45-31-29-35-17-13-14-26-41(35)49(45)44-32-30-40(33-47(44)52-50)55(38-22-9-3-10-23-38)39-24-11-4-12-25-39/h1-34H. The van der Waals surface area contributed by atoms with Crippen LogP contribution in [-0.4, -0.2) is 15.0 Å². The average Bonchev–Trinajstić information content (AvgIpc) is 3.27. The highest BCUT2D eigenvalue weighted by molar-refractivity contribution is 6.23. The van der Waals surface area contributed by atoms with E-state index in [2.05, 4.69) is 175 Å². The molecule has 55 heavy (non-hydrogen) atoms. The molecular weight excluding hydrogens is 669 g/mol. The minimum atomic E-state index is 0.681. The van der Waals surface area contributed by atoms with Crippen LogP contribution < -0.4 is 4.90 Å². The van der Waals surface area contributed by atoms with Gasteiger partial charge in [0, 0.05) is 55.5 Å². The van der Waals surface area contributed by atoms with E-state index >= 15 is 0 Å². The van der Waals surface area contributed by atoms with E-state index < -0.39 is 0 Å². The van der Waals surface area contributed by atoms with Crippen LogP contribution in [0.3, 0.4) is 0 Å². The van der Waals surface area contributed by atoms with Crippen molar-refractivity contribution in [3.8, 4) is 45.2 Å². The summed E-state index contributed by atoms with van der Waals surface area (Å²) in [4.78, 5) is 18.2. The quantitative estimate of drug-likeness (QED) is 0.155. The van der Waals surface area contributed by atoms with Gasteiger partial charge in [-0.05, 0) is 53.2 Å². The lowest BCUT2D eigenvalue weighted by atomic mass is 9.92. The lowest BCUT2D eigenvalue weighted by Crippen LogP contribution is -2.09. The summed E-state index contributed by atoms with van der Waals surface area (Å²) >= 11 is 0. The third kappa shape index (κ3) is 5.96. The van der Waals surface area contributed by atoms with E-state index in [9.17, 15) is 0 Å². The monoisotopic (exact) mass is 702 g/mol. The van der Waals surface area contributed by atoms with Crippen LogP contribution in [0.1, 0.15) is 0 Å². The van der Waals surface area contributed by atoms with Crippen molar-refractivity contribution in [1.29, 1.82) is 0 Å². The normalized spacial score (nSPS) is 11.3. The minimum absolute atomic E-state index is 0.681. The number of rotatable bonds is 7. The van der Waals surface area contributed by atoms with E-state index in [1.165, 1.54) is 16.2 Å². The number of pyridine rings is 1. The van der Waals surface area contributed by atoms with Gasteiger partial charge in [-0.25, -0.2) is 15.0 Å². The summed E-state index contributed by atoms with van der Waals surface area (Å²) in [6.45, 7) is 0. The van der Waals surface area contributed by atoms with Gasteiger partial charge < -0.3 is 4.90 Å². The van der Waals surface area contributed by atoms with Crippen molar-refractivity contribution in [3.63, 3.8) is 0 Å². The van der Waals surface area contributed by atoms with Gasteiger partial charge in [0.2, 0.25) is 0 Å². The first-order valence-electron chi connectivity index (χ1n) is 18.5. The van der Waals surface area contributed by atoms with Gasteiger partial charge in [0.25, 0.3) is 0 Å². The summed E-state index contributed by atoms with van der Waals surface area (Å²) < 4.78 is 0. The zero-order valence-corrected chi connectivity index (χ0v) is 29.9. The lowest BCUT2D eigenvalue weighted by molar-refractivity contribution is 1.18. The van der Waals surface area contributed by atoms with Crippen molar-refractivity contribution in [1.82, 2.24) is 15.0 Å². The van der Waals surface area contributed by atoms with E-state index in [0.717, 1.165) is 72.7 Å². The summed E-state index contributed by atoms with van der Waals surface area (Å²) in [6.07, 6.45) is 0. The van der Waals surface area contributed by atoms with Crippen LogP contribution in [0.4, 0.5) is 17.1 Å². The predicted molar refractivity (Wildman–Crippen MR) is 229 cm³/mol. The Bertz CT molecular complexity index is 2870. The Morgan fingerprint density at radius 3 is 1.62 bits per heavy atom. The summed E-state index contributed by atoms with van der Waals surface area (Å²) in [5.41, 5.74) is 10.7. The van der Waals surface area contributed by atoms with E-state index in [-0.39, 0.29) is 0 Å². The molecule has 0 aliphatic rings. The Morgan fingerprint density at radius 2 is 0.909 bits per heavy atom. The average molecular weight is 703 g/mol. The molecule has 0 unspecified atom stereocenters. The van der Waals surface area contributed by atoms with Crippen molar-refractivity contribution in [3.05, 3.63) is 206 Å². The maximum absolute atomic E-state index is 5.59. The second kappa shape index (κ2) is 13.8. The van der Waals surface area contributed by atoms with E-state index in [0.29, 0.717) is 5.82 Å². The number of nitrogens with zero attached hydrogens (tertiary/aromatic N) is 4. The maximum atomic E-state index is 5.59. The Labute approximate surface area is 319 Å². The summed E-state index contributed by atoms with van der Waals surface area (Å²) in [7, 11) is 0. The van der Waals surface area contributed by atoms with Gasteiger partial charge >= 0.3 is 0 Å². The molecule has 4 nitrogen and oxygen atoms in total. The molecule has 2 aromatic heterocycles. The van der Waals surface area contributed by atoms with E-state index in [4.69, 9.17) is 15.0 Å². The first kappa shape index (κ1) is 32.2. The molecule has 8 aromatic carbocycles. The Kier molecular flexibility index (Phi) is 8.12. The lowest BCUT2D eigenvalue weighted by Gasteiger charge is -2.26. The molecule has 2 heterocycles. The van der Waals surface area contributed by atoms with Crippen molar-refractivity contribution >= 4 is 49.5 Å².